The Bertz CT molecular complexity index is 439. The number of carbonyl (C=O) groups excluding carboxylic acids is 4. The van der Waals surface area contributed by atoms with Gasteiger partial charge in [0.2, 0.25) is 11.8 Å². The van der Waals surface area contributed by atoms with E-state index < -0.39 is 24.0 Å². The van der Waals surface area contributed by atoms with Crippen LogP contribution < -0.4 is 10.6 Å². The number of hydrogen-bond acceptors (Lipinski definition) is 5. The van der Waals surface area contributed by atoms with E-state index in [2.05, 4.69) is 15.4 Å². The third-order valence-electron chi connectivity index (χ3n) is 4.31. The molecule has 0 spiro atoms. The molecule has 0 aromatic heterocycles. The number of hydrogen-bond donors (Lipinski definition) is 2. The van der Waals surface area contributed by atoms with Gasteiger partial charge in [-0.1, -0.05) is 40.5 Å². The summed E-state index contributed by atoms with van der Waals surface area (Å²) in [5.41, 5.74) is 0. The van der Waals surface area contributed by atoms with Gasteiger partial charge in [0.05, 0.1) is 19.6 Å². The van der Waals surface area contributed by atoms with Crippen LogP contribution in [0.1, 0.15) is 53.4 Å². The summed E-state index contributed by atoms with van der Waals surface area (Å²) in [6, 6.07) is -1.33. The summed E-state index contributed by atoms with van der Waals surface area (Å²) < 4.78 is 4.49. The van der Waals surface area contributed by atoms with E-state index in [1.165, 1.54) is 7.11 Å². The van der Waals surface area contributed by atoms with E-state index in [9.17, 15) is 19.2 Å². The molecule has 0 aromatic rings. The van der Waals surface area contributed by atoms with Crippen LogP contribution in [0.15, 0.2) is 0 Å². The molecule has 7 heteroatoms. The van der Waals surface area contributed by atoms with Crippen molar-refractivity contribution in [1.29, 1.82) is 0 Å². The third-order valence-corrected chi connectivity index (χ3v) is 4.31. The van der Waals surface area contributed by atoms with Gasteiger partial charge in [0.25, 0.3) is 0 Å². The maximum Gasteiger partial charge on any atom is 0.306 e. The first-order chi connectivity index (χ1) is 11.3. The lowest BCUT2D eigenvalue weighted by Gasteiger charge is -2.26. The van der Waals surface area contributed by atoms with Crippen molar-refractivity contribution in [3.8, 4) is 0 Å². The van der Waals surface area contributed by atoms with Crippen LogP contribution in [0.25, 0.3) is 0 Å². The van der Waals surface area contributed by atoms with Crippen LogP contribution in [-0.4, -0.2) is 43.3 Å². The summed E-state index contributed by atoms with van der Waals surface area (Å²) in [6.07, 6.45) is 2.07. The molecule has 138 valence electrons. The van der Waals surface area contributed by atoms with Gasteiger partial charge in [-0.05, 0) is 11.8 Å². The Hall–Kier alpha value is -1.92. The lowest BCUT2D eigenvalue weighted by molar-refractivity contribution is -0.142. The number of rotatable bonds is 11. The maximum atomic E-state index is 12.5. The zero-order valence-corrected chi connectivity index (χ0v) is 15.3. The second-order valence-electron chi connectivity index (χ2n) is 6.06. The predicted molar refractivity (Wildman–Crippen MR) is 90.1 cm³/mol. The molecule has 0 bridgehead atoms. The van der Waals surface area contributed by atoms with Gasteiger partial charge in [-0.2, -0.15) is 0 Å². The van der Waals surface area contributed by atoms with Gasteiger partial charge < -0.3 is 20.2 Å². The van der Waals surface area contributed by atoms with Crippen LogP contribution in [0.5, 0.6) is 0 Å². The van der Waals surface area contributed by atoms with E-state index in [0.29, 0.717) is 6.42 Å². The highest BCUT2D eigenvalue weighted by atomic mass is 16.5. The molecule has 0 saturated heterocycles. The molecule has 2 N–H and O–H groups in total. The molecule has 4 atom stereocenters. The topological polar surface area (TPSA) is 102 Å². The normalized spacial score (nSPS) is 15.5. The smallest absolute Gasteiger partial charge is 0.306 e. The molecule has 0 aromatic carbocycles. The first kappa shape index (κ1) is 22.1. The Morgan fingerprint density at radius 3 is 2.04 bits per heavy atom. The van der Waals surface area contributed by atoms with Crippen molar-refractivity contribution in [3.63, 3.8) is 0 Å². The fourth-order valence-corrected chi connectivity index (χ4v) is 2.08. The van der Waals surface area contributed by atoms with Crippen LogP contribution in [0.2, 0.25) is 0 Å². The number of carbonyl (C=O) groups is 4. The Labute approximate surface area is 143 Å². The first-order valence-corrected chi connectivity index (χ1v) is 8.42. The van der Waals surface area contributed by atoms with Crippen molar-refractivity contribution in [2.75, 3.05) is 7.11 Å². The molecule has 0 rings (SSSR count). The Kier molecular flexibility index (Phi) is 10.7. The Morgan fingerprint density at radius 1 is 1.00 bits per heavy atom. The molecular weight excluding hydrogens is 312 g/mol. The highest BCUT2D eigenvalue weighted by Gasteiger charge is 2.28. The molecule has 0 fully saturated rings. The molecule has 0 radical (unpaired) electrons. The fraction of sp³-hybridized carbons (Fsp3) is 0.765. The molecule has 2 amide bonds. The van der Waals surface area contributed by atoms with Crippen molar-refractivity contribution in [1.82, 2.24) is 10.6 Å². The maximum absolute atomic E-state index is 12.5. The predicted octanol–water partition coefficient (Wildman–Crippen LogP) is 1.20. The lowest BCUT2D eigenvalue weighted by atomic mass is 9.95. The van der Waals surface area contributed by atoms with E-state index in [1.54, 1.807) is 0 Å². The summed E-state index contributed by atoms with van der Waals surface area (Å²) in [7, 11) is 1.25. The SMILES string of the molecule is CCC(C)C(C=O)NC(=O)C(NC(=O)CCC(=O)OC)C(C)CC. The highest BCUT2D eigenvalue weighted by molar-refractivity contribution is 5.90. The molecule has 24 heavy (non-hydrogen) atoms. The summed E-state index contributed by atoms with van der Waals surface area (Å²) >= 11 is 0. The minimum atomic E-state index is -0.744. The van der Waals surface area contributed by atoms with E-state index in [0.717, 1.165) is 12.7 Å². The minimum Gasteiger partial charge on any atom is -0.469 e. The van der Waals surface area contributed by atoms with Crippen LogP contribution in [0.3, 0.4) is 0 Å². The largest absolute Gasteiger partial charge is 0.469 e. The van der Waals surface area contributed by atoms with E-state index in [4.69, 9.17) is 0 Å². The molecule has 0 aliphatic rings. The van der Waals surface area contributed by atoms with Gasteiger partial charge in [0, 0.05) is 6.42 Å². The Balaban J connectivity index is 4.86. The number of ether oxygens (including phenoxy) is 1. The first-order valence-electron chi connectivity index (χ1n) is 8.42. The molecular formula is C17H30N2O5. The van der Waals surface area contributed by atoms with E-state index in [1.807, 2.05) is 27.7 Å². The van der Waals surface area contributed by atoms with Gasteiger partial charge in [-0.15, -0.1) is 0 Å². The Morgan fingerprint density at radius 2 is 1.58 bits per heavy atom. The highest BCUT2D eigenvalue weighted by Crippen LogP contribution is 2.11. The van der Waals surface area contributed by atoms with Crippen molar-refractivity contribution >= 4 is 24.1 Å². The second-order valence-corrected chi connectivity index (χ2v) is 6.06. The van der Waals surface area contributed by atoms with Gasteiger partial charge >= 0.3 is 5.97 Å². The second kappa shape index (κ2) is 11.6. The summed E-state index contributed by atoms with van der Waals surface area (Å²) in [6.45, 7) is 7.59. The summed E-state index contributed by atoms with van der Waals surface area (Å²) in [4.78, 5) is 46.7. The summed E-state index contributed by atoms with van der Waals surface area (Å²) in [5.74, 6) is -1.34. The van der Waals surface area contributed by atoms with Gasteiger partial charge in [0.1, 0.15) is 12.3 Å². The number of nitrogens with one attached hydrogen (secondary N) is 2. The van der Waals surface area contributed by atoms with Crippen molar-refractivity contribution in [2.45, 2.75) is 65.5 Å². The molecule has 7 nitrogen and oxygen atoms in total. The third kappa shape index (κ3) is 7.57. The molecule has 0 heterocycles. The number of methoxy groups -OCH3 is 1. The van der Waals surface area contributed by atoms with E-state index >= 15 is 0 Å². The average molecular weight is 342 g/mol. The lowest BCUT2D eigenvalue weighted by Crippen LogP contribution is -2.54. The molecule has 4 unspecified atom stereocenters. The zero-order chi connectivity index (χ0) is 18.7. The van der Waals surface area contributed by atoms with Gasteiger partial charge in [-0.25, -0.2) is 0 Å². The minimum absolute atomic E-state index is 0.0130. The quantitative estimate of drug-likeness (QED) is 0.434. The molecule has 0 aliphatic heterocycles. The van der Waals surface area contributed by atoms with Gasteiger partial charge in [-0.3, -0.25) is 14.4 Å². The zero-order valence-electron chi connectivity index (χ0n) is 15.3. The van der Waals surface area contributed by atoms with Gasteiger partial charge in [0.15, 0.2) is 0 Å². The number of amides is 2. The van der Waals surface area contributed by atoms with Crippen molar-refractivity contribution in [3.05, 3.63) is 0 Å². The monoisotopic (exact) mass is 342 g/mol. The van der Waals surface area contributed by atoms with Crippen LogP contribution >= 0.6 is 0 Å². The standard InChI is InChI=1S/C17H30N2O5/c1-6-11(3)13(10-20)18-17(23)16(12(4)7-2)19-14(21)8-9-15(22)24-5/h10-13,16H,6-9H2,1-5H3,(H,18,23)(H,19,21). The van der Waals surface area contributed by atoms with Crippen molar-refractivity contribution in [2.24, 2.45) is 11.8 Å². The molecule has 0 saturated carbocycles. The van der Waals surface area contributed by atoms with Crippen LogP contribution in [0, 0.1) is 11.8 Å². The number of esters is 1. The fourth-order valence-electron chi connectivity index (χ4n) is 2.08. The van der Waals surface area contributed by atoms with Crippen LogP contribution in [0.4, 0.5) is 0 Å². The van der Waals surface area contributed by atoms with E-state index in [-0.39, 0.29) is 30.6 Å². The summed E-state index contributed by atoms with van der Waals surface area (Å²) in [5, 5.41) is 5.36. The number of aldehydes is 1. The molecule has 0 aliphatic carbocycles. The average Bonchev–Trinajstić information content (AvgIpc) is 2.60. The van der Waals surface area contributed by atoms with Crippen molar-refractivity contribution < 1.29 is 23.9 Å². The van der Waals surface area contributed by atoms with Crippen LogP contribution in [-0.2, 0) is 23.9 Å².